The molecule has 1 aromatic carbocycles. The maximum atomic E-state index is 10.2. The van der Waals surface area contributed by atoms with Crippen molar-refractivity contribution in [3.05, 3.63) is 34.9 Å². The Morgan fingerprint density at radius 2 is 2.00 bits per heavy atom. The second kappa shape index (κ2) is 7.41. The summed E-state index contributed by atoms with van der Waals surface area (Å²) < 4.78 is 0. The zero-order chi connectivity index (χ0) is 14.5. The van der Waals surface area contributed by atoms with Crippen molar-refractivity contribution < 1.29 is 10.2 Å². The van der Waals surface area contributed by atoms with Gasteiger partial charge in [-0.1, -0.05) is 23.7 Å². The number of hydrogen-bond acceptors (Lipinski definition) is 3. The third-order valence-corrected chi connectivity index (χ3v) is 4.50. The quantitative estimate of drug-likeness (QED) is 0.878. The number of benzene rings is 1. The predicted octanol–water partition coefficient (Wildman–Crippen LogP) is 2.86. The van der Waals surface area contributed by atoms with Crippen LogP contribution in [0.1, 0.15) is 37.9 Å². The number of likely N-dealkylation sites (tertiary alicyclic amines) is 1. The van der Waals surface area contributed by atoms with Crippen LogP contribution in [-0.2, 0) is 0 Å². The molecule has 3 nitrogen and oxygen atoms in total. The van der Waals surface area contributed by atoms with E-state index < -0.39 is 6.10 Å². The maximum absolute atomic E-state index is 10.2. The Bertz CT molecular complexity index is 417. The summed E-state index contributed by atoms with van der Waals surface area (Å²) in [5.74, 6) is 0.434. The van der Waals surface area contributed by atoms with Crippen LogP contribution in [0, 0.1) is 5.92 Å². The summed E-state index contributed by atoms with van der Waals surface area (Å²) >= 11 is 5.94. The van der Waals surface area contributed by atoms with Crippen molar-refractivity contribution in [2.24, 2.45) is 5.92 Å². The van der Waals surface area contributed by atoms with Crippen molar-refractivity contribution in [1.29, 1.82) is 0 Å². The molecule has 1 aliphatic rings. The van der Waals surface area contributed by atoms with Gasteiger partial charge in [0.25, 0.3) is 0 Å². The third kappa shape index (κ3) is 4.45. The van der Waals surface area contributed by atoms with Gasteiger partial charge in [-0.2, -0.15) is 0 Å². The first kappa shape index (κ1) is 15.8. The lowest BCUT2D eigenvalue weighted by molar-refractivity contribution is 0.0641. The molecule has 1 aliphatic heterocycles. The molecule has 1 saturated heterocycles. The van der Waals surface area contributed by atoms with Crippen molar-refractivity contribution >= 4 is 11.6 Å². The smallest absolute Gasteiger partial charge is 0.0802 e. The second-order valence-corrected chi connectivity index (χ2v) is 6.22. The lowest BCUT2D eigenvalue weighted by atomic mass is 9.92. The van der Waals surface area contributed by atoms with Gasteiger partial charge in [0.1, 0.15) is 0 Å². The Morgan fingerprint density at radius 3 is 2.60 bits per heavy atom. The van der Waals surface area contributed by atoms with Crippen molar-refractivity contribution in [3.8, 4) is 0 Å². The molecule has 4 heteroatoms. The van der Waals surface area contributed by atoms with E-state index in [1.807, 2.05) is 31.2 Å². The second-order valence-electron chi connectivity index (χ2n) is 5.78. The first-order chi connectivity index (χ1) is 9.56. The third-order valence-electron chi connectivity index (χ3n) is 4.27. The van der Waals surface area contributed by atoms with Gasteiger partial charge in [-0.25, -0.2) is 0 Å². The fourth-order valence-electron chi connectivity index (χ4n) is 2.84. The first-order valence-electron chi connectivity index (χ1n) is 7.40. The van der Waals surface area contributed by atoms with E-state index in [-0.39, 0.29) is 6.10 Å². The van der Waals surface area contributed by atoms with E-state index in [9.17, 15) is 10.2 Å². The van der Waals surface area contributed by atoms with Crippen LogP contribution < -0.4 is 0 Å². The van der Waals surface area contributed by atoms with Gasteiger partial charge in [0, 0.05) is 11.6 Å². The van der Waals surface area contributed by atoms with E-state index in [1.165, 1.54) is 0 Å². The summed E-state index contributed by atoms with van der Waals surface area (Å²) in [6.07, 6.45) is 2.16. The van der Waals surface area contributed by atoms with E-state index >= 15 is 0 Å². The molecule has 112 valence electrons. The number of nitrogens with zero attached hydrogens (tertiary/aromatic N) is 1. The van der Waals surface area contributed by atoms with Crippen LogP contribution in [0.25, 0.3) is 0 Å². The van der Waals surface area contributed by atoms with E-state index in [2.05, 4.69) is 4.90 Å². The first-order valence-corrected chi connectivity index (χ1v) is 7.78. The van der Waals surface area contributed by atoms with Gasteiger partial charge in [-0.05, 0) is 62.9 Å². The van der Waals surface area contributed by atoms with Crippen molar-refractivity contribution in [2.45, 2.75) is 38.4 Å². The van der Waals surface area contributed by atoms with Crippen LogP contribution in [0.2, 0.25) is 5.02 Å². The van der Waals surface area contributed by atoms with Crippen LogP contribution in [0.5, 0.6) is 0 Å². The lowest BCUT2D eigenvalue weighted by Gasteiger charge is -2.33. The average Bonchev–Trinajstić information content (AvgIpc) is 2.45. The van der Waals surface area contributed by atoms with E-state index in [0.29, 0.717) is 10.9 Å². The highest BCUT2D eigenvalue weighted by molar-refractivity contribution is 6.30. The van der Waals surface area contributed by atoms with Gasteiger partial charge >= 0.3 is 0 Å². The monoisotopic (exact) mass is 297 g/mol. The van der Waals surface area contributed by atoms with Crippen molar-refractivity contribution in [3.63, 3.8) is 0 Å². The summed E-state index contributed by atoms with van der Waals surface area (Å²) in [5.41, 5.74) is 0.886. The Kier molecular flexibility index (Phi) is 5.85. The molecule has 0 bridgehead atoms. The standard InChI is InChI=1S/C16H24ClNO2/c1-12(19)13-5-8-18(9-6-13)10-7-16(20)14-3-2-4-15(17)11-14/h2-4,11-13,16,19-20H,5-10H2,1H3. The number of hydrogen-bond donors (Lipinski definition) is 2. The van der Waals surface area contributed by atoms with Crippen molar-refractivity contribution in [2.75, 3.05) is 19.6 Å². The molecular formula is C16H24ClNO2. The minimum atomic E-state index is -0.455. The maximum Gasteiger partial charge on any atom is 0.0802 e. The summed E-state index contributed by atoms with van der Waals surface area (Å²) in [4.78, 5) is 2.37. The molecule has 2 N–H and O–H groups in total. The zero-order valence-corrected chi connectivity index (χ0v) is 12.8. The molecule has 20 heavy (non-hydrogen) atoms. The lowest BCUT2D eigenvalue weighted by Crippen LogP contribution is -2.37. The summed E-state index contributed by atoms with van der Waals surface area (Å²) in [6.45, 7) is 4.79. The van der Waals surface area contributed by atoms with Gasteiger partial charge in [-0.3, -0.25) is 0 Å². The fourth-order valence-corrected chi connectivity index (χ4v) is 3.04. The highest BCUT2D eigenvalue weighted by atomic mass is 35.5. The number of aliphatic hydroxyl groups excluding tert-OH is 2. The molecule has 0 radical (unpaired) electrons. The Hall–Kier alpha value is -0.610. The van der Waals surface area contributed by atoms with Crippen LogP contribution in [0.4, 0.5) is 0 Å². The highest BCUT2D eigenvalue weighted by Crippen LogP contribution is 2.23. The van der Waals surface area contributed by atoms with Crippen LogP contribution in [0.3, 0.4) is 0 Å². The molecule has 2 unspecified atom stereocenters. The molecule has 1 heterocycles. The topological polar surface area (TPSA) is 43.7 Å². The summed E-state index contributed by atoms with van der Waals surface area (Å²) in [6, 6.07) is 7.43. The molecule has 0 aromatic heterocycles. The SMILES string of the molecule is CC(O)C1CCN(CCC(O)c2cccc(Cl)c2)CC1. The van der Waals surface area contributed by atoms with Gasteiger partial charge in [0.05, 0.1) is 12.2 Å². The molecule has 1 aromatic rings. The predicted molar refractivity (Wildman–Crippen MR) is 81.9 cm³/mol. The number of halogens is 1. The van der Waals surface area contributed by atoms with Crippen LogP contribution >= 0.6 is 11.6 Å². The molecule has 2 atom stereocenters. The molecule has 1 fully saturated rings. The van der Waals surface area contributed by atoms with Crippen molar-refractivity contribution in [1.82, 2.24) is 4.90 Å². The average molecular weight is 298 g/mol. The van der Waals surface area contributed by atoms with Gasteiger partial charge in [-0.15, -0.1) is 0 Å². The number of piperidine rings is 1. The fraction of sp³-hybridized carbons (Fsp3) is 0.625. The molecule has 2 rings (SSSR count). The molecule has 0 spiro atoms. The normalized spacial score (nSPS) is 20.8. The van der Waals surface area contributed by atoms with E-state index in [1.54, 1.807) is 0 Å². The summed E-state index contributed by atoms with van der Waals surface area (Å²) in [5, 5.41) is 20.4. The van der Waals surface area contributed by atoms with E-state index in [0.717, 1.165) is 44.5 Å². The van der Waals surface area contributed by atoms with E-state index in [4.69, 9.17) is 11.6 Å². The zero-order valence-electron chi connectivity index (χ0n) is 12.0. The highest BCUT2D eigenvalue weighted by Gasteiger charge is 2.22. The molecular weight excluding hydrogens is 274 g/mol. The minimum Gasteiger partial charge on any atom is -0.393 e. The molecule has 0 amide bonds. The van der Waals surface area contributed by atoms with Gasteiger partial charge in [0.2, 0.25) is 0 Å². The molecule has 0 saturated carbocycles. The Balaban J connectivity index is 1.76. The largest absolute Gasteiger partial charge is 0.393 e. The minimum absolute atomic E-state index is 0.200. The summed E-state index contributed by atoms with van der Waals surface area (Å²) in [7, 11) is 0. The van der Waals surface area contributed by atoms with Gasteiger partial charge < -0.3 is 15.1 Å². The Morgan fingerprint density at radius 1 is 1.30 bits per heavy atom. The number of aliphatic hydroxyl groups is 2. The molecule has 0 aliphatic carbocycles. The Labute approximate surface area is 126 Å². The van der Waals surface area contributed by atoms with Crippen LogP contribution in [-0.4, -0.2) is 40.9 Å². The van der Waals surface area contributed by atoms with Gasteiger partial charge in [0.15, 0.2) is 0 Å². The van der Waals surface area contributed by atoms with Crippen LogP contribution in [0.15, 0.2) is 24.3 Å². The number of rotatable bonds is 5.